The zero-order chi connectivity index (χ0) is 15.9. The van der Waals surface area contributed by atoms with E-state index in [0.29, 0.717) is 13.2 Å². The number of hydrogen-bond acceptors (Lipinski definition) is 5. The van der Waals surface area contributed by atoms with Crippen LogP contribution in [0.4, 0.5) is 0 Å². The maximum absolute atomic E-state index is 8.74. The molecule has 0 aromatic heterocycles. The Morgan fingerprint density at radius 2 is 1.71 bits per heavy atom. The molecular weight excluding hydrogens is 302 g/mol. The standard InChI is InChI=1S/C11H21N3O2.H2O4S/c12-10(13)14-7-9-8-15-11(16-9)5-3-1-2-4-6-11;1-5(2,3)4/h9H,1-8H2,(H4,12,13,14);(H2,1,2,3,4). The van der Waals surface area contributed by atoms with Gasteiger partial charge in [-0.1, -0.05) is 12.8 Å². The fourth-order valence-corrected chi connectivity index (χ4v) is 2.44. The monoisotopic (exact) mass is 325 g/mol. The minimum absolute atomic E-state index is 0.0141. The summed E-state index contributed by atoms with van der Waals surface area (Å²) in [6.07, 6.45) is 6.97. The largest absolute Gasteiger partial charge is 0.394 e. The summed E-state index contributed by atoms with van der Waals surface area (Å²) in [6, 6.07) is 0. The molecule has 1 unspecified atom stereocenters. The van der Waals surface area contributed by atoms with Crippen LogP contribution in [-0.4, -0.2) is 48.5 Å². The maximum Gasteiger partial charge on any atom is 0.394 e. The molecule has 2 rings (SSSR count). The molecule has 1 heterocycles. The van der Waals surface area contributed by atoms with E-state index < -0.39 is 10.4 Å². The van der Waals surface area contributed by atoms with Crippen molar-refractivity contribution in [2.24, 2.45) is 16.5 Å². The number of guanidine groups is 1. The second-order valence-corrected chi connectivity index (χ2v) is 5.98. The molecule has 2 fully saturated rings. The molecule has 0 amide bonds. The number of rotatable bonds is 2. The van der Waals surface area contributed by atoms with Crippen LogP contribution in [0.2, 0.25) is 0 Å². The first-order valence-corrected chi connectivity index (χ1v) is 8.17. The number of nitrogens with zero attached hydrogens (tertiary/aromatic N) is 1. The third kappa shape index (κ3) is 8.17. The van der Waals surface area contributed by atoms with Gasteiger partial charge in [0.05, 0.1) is 13.2 Å². The van der Waals surface area contributed by atoms with Gasteiger partial charge in [0.1, 0.15) is 6.10 Å². The van der Waals surface area contributed by atoms with E-state index in [2.05, 4.69) is 4.99 Å². The van der Waals surface area contributed by atoms with Crippen molar-refractivity contribution < 1.29 is 27.0 Å². The summed E-state index contributed by atoms with van der Waals surface area (Å²) in [6.45, 7) is 1.11. The van der Waals surface area contributed by atoms with Gasteiger partial charge in [0.15, 0.2) is 11.7 Å². The van der Waals surface area contributed by atoms with Crippen LogP contribution >= 0.6 is 0 Å². The zero-order valence-electron chi connectivity index (χ0n) is 11.8. The van der Waals surface area contributed by atoms with Gasteiger partial charge in [-0.2, -0.15) is 8.42 Å². The van der Waals surface area contributed by atoms with E-state index in [1.54, 1.807) is 0 Å². The van der Waals surface area contributed by atoms with E-state index in [1.165, 1.54) is 25.7 Å². The van der Waals surface area contributed by atoms with E-state index in [4.69, 9.17) is 38.5 Å². The average Bonchev–Trinajstić information content (AvgIpc) is 2.57. The number of nitrogens with two attached hydrogens (primary N) is 2. The second-order valence-electron chi connectivity index (χ2n) is 5.09. The lowest BCUT2D eigenvalue weighted by Gasteiger charge is -2.26. The molecule has 1 saturated carbocycles. The Kier molecular flexibility index (Phi) is 6.81. The van der Waals surface area contributed by atoms with E-state index >= 15 is 0 Å². The van der Waals surface area contributed by atoms with Gasteiger partial charge < -0.3 is 20.9 Å². The highest BCUT2D eigenvalue weighted by molar-refractivity contribution is 7.79. The average molecular weight is 325 g/mol. The molecule has 1 aliphatic carbocycles. The van der Waals surface area contributed by atoms with Crippen LogP contribution < -0.4 is 11.5 Å². The van der Waals surface area contributed by atoms with Gasteiger partial charge in [-0.3, -0.25) is 14.1 Å². The lowest BCUT2D eigenvalue weighted by atomic mass is 10.1. The van der Waals surface area contributed by atoms with Crippen molar-refractivity contribution in [3.8, 4) is 0 Å². The molecule has 0 aromatic rings. The first kappa shape index (κ1) is 18.1. The molecule has 0 radical (unpaired) electrons. The van der Waals surface area contributed by atoms with E-state index in [0.717, 1.165) is 12.8 Å². The van der Waals surface area contributed by atoms with Gasteiger partial charge in [-0.15, -0.1) is 0 Å². The van der Waals surface area contributed by atoms with Crippen molar-refractivity contribution in [1.82, 2.24) is 0 Å². The summed E-state index contributed by atoms with van der Waals surface area (Å²) in [5.41, 5.74) is 10.6. The highest BCUT2D eigenvalue weighted by Gasteiger charge is 2.41. The van der Waals surface area contributed by atoms with Crippen molar-refractivity contribution >= 4 is 16.4 Å². The molecular formula is C11H23N3O6S. The topological polar surface area (TPSA) is 157 Å². The molecule has 9 nitrogen and oxygen atoms in total. The van der Waals surface area contributed by atoms with Crippen molar-refractivity contribution in [2.45, 2.75) is 50.4 Å². The van der Waals surface area contributed by atoms with Crippen LogP contribution in [0.15, 0.2) is 4.99 Å². The summed E-state index contributed by atoms with van der Waals surface area (Å²) in [5, 5.41) is 0. The summed E-state index contributed by atoms with van der Waals surface area (Å²) in [5.74, 6) is -0.217. The molecule has 1 spiro atoms. The normalized spacial score (nSPS) is 24.8. The molecule has 1 aliphatic heterocycles. The predicted octanol–water partition coefficient (Wildman–Crippen LogP) is 0.0729. The van der Waals surface area contributed by atoms with Gasteiger partial charge >= 0.3 is 10.4 Å². The Balaban J connectivity index is 0.000000383. The van der Waals surface area contributed by atoms with E-state index in [9.17, 15) is 0 Å². The van der Waals surface area contributed by atoms with Crippen LogP contribution in [-0.2, 0) is 19.9 Å². The summed E-state index contributed by atoms with van der Waals surface area (Å²) >= 11 is 0. The molecule has 124 valence electrons. The van der Waals surface area contributed by atoms with Crippen LogP contribution in [0, 0.1) is 0 Å². The fourth-order valence-electron chi connectivity index (χ4n) is 2.44. The van der Waals surface area contributed by atoms with Crippen LogP contribution in [0.1, 0.15) is 38.5 Å². The van der Waals surface area contributed by atoms with Crippen molar-refractivity contribution in [1.29, 1.82) is 0 Å². The first-order valence-electron chi connectivity index (χ1n) is 6.77. The minimum atomic E-state index is -4.67. The third-order valence-electron chi connectivity index (χ3n) is 3.26. The molecule has 1 saturated heterocycles. The first-order chi connectivity index (χ1) is 9.70. The smallest absolute Gasteiger partial charge is 0.370 e. The third-order valence-corrected chi connectivity index (χ3v) is 3.26. The van der Waals surface area contributed by atoms with Crippen LogP contribution in [0.25, 0.3) is 0 Å². The Labute approximate surface area is 124 Å². The molecule has 10 heteroatoms. The Morgan fingerprint density at radius 1 is 1.19 bits per heavy atom. The van der Waals surface area contributed by atoms with Crippen molar-refractivity contribution in [3.05, 3.63) is 0 Å². The van der Waals surface area contributed by atoms with Crippen LogP contribution in [0.5, 0.6) is 0 Å². The second kappa shape index (κ2) is 7.90. The quantitative estimate of drug-likeness (QED) is 0.315. The van der Waals surface area contributed by atoms with Gasteiger partial charge in [0.2, 0.25) is 0 Å². The molecule has 2 aliphatic rings. The van der Waals surface area contributed by atoms with Crippen molar-refractivity contribution in [3.63, 3.8) is 0 Å². The maximum atomic E-state index is 8.74. The Morgan fingerprint density at radius 3 is 2.19 bits per heavy atom. The Hall–Kier alpha value is -0.940. The molecule has 1 atom stereocenters. The van der Waals surface area contributed by atoms with Gasteiger partial charge in [-0.05, 0) is 12.8 Å². The van der Waals surface area contributed by atoms with Crippen LogP contribution in [0.3, 0.4) is 0 Å². The number of hydrogen-bond donors (Lipinski definition) is 4. The van der Waals surface area contributed by atoms with Gasteiger partial charge in [0.25, 0.3) is 0 Å². The zero-order valence-corrected chi connectivity index (χ0v) is 12.6. The number of ether oxygens (including phenoxy) is 2. The Bertz CT molecular complexity index is 433. The highest BCUT2D eigenvalue weighted by atomic mass is 32.3. The summed E-state index contributed by atoms with van der Waals surface area (Å²) in [7, 11) is -4.67. The predicted molar refractivity (Wildman–Crippen MR) is 76.1 cm³/mol. The molecule has 21 heavy (non-hydrogen) atoms. The number of aliphatic imine (C=N–C) groups is 1. The molecule has 0 aromatic carbocycles. The highest BCUT2D eigenvalue weighted by Crippen LogP contribution is 2.36. The summed E-state index contributed by atoms with van der Waals surface area (Å²) in [4.78, 5) is 3.98. The SMILES string of the molecule is NC(N)=NCC1COC2(CCCCCC2)O1.O=S(=O)(O)O. The lowest BCUT2D eigenvalue weighted by Crippen LogP contribution is -2.31. The minimum Gasteiger partial charge on any atom is -0.370 e. The van der Waals surface area contributed by atoms with Crippen molar-refractivity contribution in [2.75, 3.05) is 13.2 Å². The molecule has 6 N–H and O–H groups in total. The fraction of sp³-hybridized carbons (Fsp3) is 0.909. The molecule has 0 bridgehead atoms. The van der Waals surface area contributed by atoms with E-state index in [1.807, 2.05) is 0 Å². The summed E-state index contributed by atoms with van der Waals surface area (Å²) < 4.78 is 43.4. The lowest BCUT2D eigenvalue weighted by molar-refractivity contribution is -0.174. The van der Waals surface area contributed by atoms with Gasteiger partial charge in [0, 0.05) is 12.8 Å². The van der Waals surface area contributed by atoms with E-state index in [-0.39, 0.29) is 17.9 Å². The van der Waals surface area contributed by atoms with Gasteiger partial charge in [-0.25, -0.2) is 0 Å².